The van der Waals surface area contributed by atoms with Gasteiger partial charge in [0.1, 0.15) is 12.4 Å². The Labute approximate surface area is 159 Å². The zero-order valence-corrected chi connectivity index (χ0v) is 16.1. The Morgan fingerprint density at radius 2 is 1.60 bits per heavy atom. The minimum absolute atomic E-state index is 0.0323. The third-order valence-corrected chi connectivity index (χ3v) is 4.51. The molecule has 0 saturated heterocycles. The van der Waals surface area contributed by atoms with Crippen LogP contribution >= 0.6 is 23.2 Å². The van der Waals surface area contributed by atoms with E-state index in [0.29, 0.717) is 21.4 Å². The molecule has 5 heteroatoms. The van der Waals surface area contributed by atoms with Gasteiger partial charge < -0.3 is 9.64 Å². The molecule has 2 aromatic rings. The monoisotopic (exact) mass is 379 g/mol. The smallest absolute Gasteiger partial charge is 0.253 e. The predicted molar refractivity (Wildman–Crippen MR) is 104 cm³/mol. The Bertz CT molecular complexity index is 692. The van der Waals surface area contributed by atoms with Gasteiger partial charge in [-0.3, -0.25) is 4.79 Å². The van der Waals surface area contributed by atoms with Gasteiger partial charge in [-0.1, -0.05) is 49.2 Å². The van der Waals surface area contributed by atoms with Crippen molar-refractivity contribution in [2.45, 2.75) is 33.3 Å². The SMILES string of the molecule is CCCN(CCC)C(=O)c1cccc(OCc2c(Cl)cccc2Cl)c1. The number of halogens is 2. The molecule has 1 amide bonds. The van der Waals surface area contributed by atoms with Crippen molar-refractivity contribution < 1.29 is 9.53 Å². The second-order valence-corrected chi connectivity index (χ2v) is 6.62. The van der Waals surface area contributed by atoms with Crippen molar-refractivity contribution in [3.8, 4) is 5.75 Å². The van der Waals surface area contributed by atoms with E-state index in [0.717, 1.165) is 31.5 Å². The molecule has 0 aromatic heterocycles. The highest BCUT2D eigenvalue weighted by Gasteiger charge is 2.15. The largest absolute Gasteiger partial charge is 0.489 e. The second-order valence-electron chi connectivity index (χ2n) is 5.81. The first-order chi connectivity index (χ1) is 12.1. The molecule has 0 aliphatic carbocycles. The molecular weight excluding hydrogens is 357 g/mol. The van der Waals surface area contributed by atoms with Crippen LogP contribution in [0.5, 0.6) is 5.75 Å². The summed E-state index contributed by atoms with van der Waals surface area (Å²) in [5.74, 6) is 0.653. The fourth-order valence-corrected chi connectivity index (χ4v) is 3.09. The van der Waals surface area contributed by atoms with Gasteiger partial charge in [-0.25, -0.2) is 0 Å². The summed E-state index contributed by atoms with van der Waals surface area (Å²) in [6, 6.07) is 12.6. The van der Waals surface area contributed by atoms with Gasteiger partial charge in [0.25, 0.3) is 5.91 Å². The Balaban J connectivity index is 2.11. The number of ether oxygens (including phenoxy) is 1. The van der Waals surface area contributed by atoms with Crippen molar-refractivity contribution in [1.29, 1.82) is 0 Å². The number of amides is 1. The molecule has 0 saturated carbocycles. The standard InChI is InChI=1S/C20H23Cl2NO2/c1-3-11-23(12-4-2)20(24)15-7-5-8-16(13-15)25-14-17-18(21)9-6-10-19(17)22/h5-10,13H,3-4,11-12,14H2,1-2H3. The van der Waals surface area contributed by atoms with Gasteiger partial charge in [-0.05, 0) is 43.2 Å². The van der Waals surface area contributed by atoms with Crippen LogP contribution in [0.1, 0.15) is 42.6 Å². The van der Waals surface area contributed by atoms with Gasteiger partial charge in [0.15, 0.2) is 0 Å². The highest BCUT2D eigenvalue weighted by molar-refractivity contribution is 6.35. The fourth-order valence-electron chi connectivity index (χ4n) is 2.58. The Kier molecular flexibility index (Phi) is 7.60. The number of nitrogens with zero attached hydrogens (tertiary/aromatic N) is 1. The molecule has 0 heterocycles. The van der Waals surface area contributed by atoms with Crippen LogP contribution in [-0.4, -0.2) is 23.9 Å². The first-order valence-corrected chi connectivity index (χ1v) is 9.27. The Hall–Kier alpha value is -1.71. The van der Waals surface area contributed by atoms with Crippen LogP contribution in [0, 0.1) is 0 Å². The molecule has 25 heavy (non-hydrogen) atoms. The van der Waals surface area contributed by atoms with Crippen LogP contribution in [0.2, 0.25) is 10.0 Å². The van der Waals surface area contributed by atoms with Gasteiger partial charge in [0.2, 0.25) is 0 Å². The molecule has 0 aliphatic rings. The van der Waals surface area contributed by atoms with E-state index < -0.39 is 0 Å². The van der Waals surface area contributed by atoms with E-state index in [1.807, 2.05) is 23.1 Å². The van der Waals surface area contributed by atoms with Crippen molar-refractivity contribution >= 4 is 29.1 Å². The summed E-state index contributed by atoms with van der Waals surface area (Å²) in [5.41, 5.74) is 1.37. The maximum Gasteiger partial charge on any atom is 0.253 e. The first-order valence-electron chi connectivity index (χ1n) is 8.51. The lowest BCUT2D eigenvalue weighted by molar-refractivity contribution is 0.0755. The number of rotatable bonds is 8. The molecule has 0 spiro atoms. The van der Waals surface area contributed by atoms with Crippen LogP contribution in [0.3, 0.4) is 0 Å². The van der Waals surface area contributed by atoms with Gasteiger partial charge >= 0.3 is 0 Å². The van der Waals surface area contributed by atoms with E-state index in [1.54, 1.807) is 24.3 Å². The summed E-state index contributed by atoms with van der Waals surface area (Å²) in [7, 11) is 0. The molecule has 0 unspecified atom stereocenters. The minimum Gasteiger partial charge on any atom is -0.489 e. The molecule has 0 aliphatic heterocycles. The lowest BCUT2D eigenvalue weighted by Crippen LogP contribution is -2.32. The zero-order chi connectivity index (χ0) is 18.2. The molecule has 3 nitrogen and oxygen atoms in total. The highest BCUT2D eigenvalue weighted by atomic mass is 35.5. The van der Waals surface area contributed by atoms with Gasteiger partial charge in [-0.2, -0.15) is 0 Å². The Morgan fingerprint density at radius 3 is 2.20 bits per heavy atom. The van der Waals surface area contributed by atoms with Crippen LogP contribution in [-0.2, 0) is 6.61 Å². The third-order valence-electron chi connectivity index (χ3n) is 3.80. The molecule has 134 valence electrons. The quantitative estimate of drug-likeness (QED) is 0.576. The third kappa shape index (κ3) is 5.38. The summed E-state index contributed by atoms with van der Waals surface area (Å²) in [5, 5.41) is 1.13. The second kappa shape index (κ2) is 9.69. The van der Waals surface area contributed by atoms with Gasteiger partial charge in [0, 0.05) is 34.3 Å². The number of benzene rings is 2. The van der Waals surface area contributed by atoms with E-state index in [9.17, 15) is 4.79 Å². The molecule has 0 bridgehead atoms. The molecule has 2 rings (SSSR count). The zero-order valence-electron chi connectivity index (χ0n) is 14.6. The van der Waals surface area contributed by atoms with Crippen LogP contribution < -0.4 is 4.74 Å². The fraction of sp³-hybridized carbons (Fsp3) is 0.350. The van der Waals surface area contributed by atoms with E-state index in [2.05, 4.69) is 13.8 Å². The summed E-state index contributed by atoms with van der Waals surface area (Å²) >= 11 is 12.3. The number of hydrogen-bond donors (Lipinski definition) is 0. The lowest BCUT2D eigenvalue weighted by Gasteiger charge is -2.21. The van der Waals surface area contributed by atoms with Gasteiger partial charge in [-0.15, -0.1) is 0 Å². The van der Waals surface area contributed by atoms with Crippen LogP contribution in [0.25, 0.3) is 0 Å². The normalized spacial score (nSPS) is 10.6. The van der Waals surface area contributed by atoms with Crippen molar-refractivity contribution in [2.75, 3.05) is 13.1 Å². The minimum atomic E-state index is 0.0323. The molecule has 0 fully saturated rings. The van der Waals surface area contributed by atoms with Gasteiger partial charge in [0.05, 0.1) is 0 Å². The Morgan fingerprint density at radius 1 is 1.00 bits per heavy atom. The van der Waals surface area contributed by atoms with Crippen LogP contribution in [0.4, 0.5) is 0 Å². The summed E-state index contributed by atoms with van der Waals surface area (Å²) < 4.78 is 5.80. The van der Waals surface area contributed by atoms with Crippen molar-refractivity contribution in [2.24, 2.45) is 0 Å². The number of carbonyl (C=O) groups excluding carboxylic acids is 1. The highest BCUT2D eigenvalue weighted by Crippen LogP contribution is 2.26. The van der Waals surface area contributed by atoms with E-state index in [-0.39, 0.29) is 12.5 Å². The molecule has 2 aromatic carbocycles. The molecule has 0 atom stereocenters. The topological polar surface area (TPSA) is 29.5 Å². The van der Waals surface area contributed by atoms with E-state index in [4.69, 9.17) is 27.9 Å². The van der Waals surface area contributed by atoms with Crippen molar-refractivity contribution in [3.05, 3.63) is 63.6 Å². The first kappa shape index (κ1) is 19.6. The summed E-state index contributed by atoms with van der Waals surface area (Å²) in [4.78, 5) is 14.6. The van der Waals surface area contributed by atoms with Crippen molar-refractivity contribution in [1.82, 2.24) is 4.90 Å². The van der Waals surface area contributed by atoms with Crippen LogP contribution in [0.15, 0.2) is 42.5 Å². The number of hydrogen-bond acceptors (Lipinski definition) is 2. The number of carbonyl (C=O) groups is 1. The lowest BCUT2D eigenvalue weighted by atomic mass is 10.1. The van der Waals surface area contributed by atoms with E-state index >= 15 is 0 Å². The summed E-state index contributed by atoms with van der Waals surface area (Å²) in [6.07, 6.45) is 1.87. The van der Waals surface area contributed by atoms with E-state index in [1.165, 1.54) is 0 Å². The summed E-state index contributed by atoms with van der Waals surface area (Å²) in [6.45, 7) is 5.91. The average molecular weight is 380 g/mol. The van der Waals surface area contributed by atoms with Crippen molar-refractivity contribution in [3.63, 3.8) is 0 Å². The molecule has 0 radical (unpaired) electrons. The predicted octanol–water partition coefficient (Wildman–Crippen LogP) is 5.83. The maximum absolute atomic E-state index is 12.7. The average Bonchev–Trinajstić information content (AvgIpc) is 2.61. The molecule has 0 N–H and O–H groups in total. The maximum atomic E-state index is 12.7. The molecular formula is C20H23Cl2NO2.